The number of halogens is 1. The first-order valence-electron chi connectivity index (χ1n) is 7.61. The van der Waals surface area contributed by atoms with Crippen molar-refractivity contribution in [3.63, 3.8) is 0 Å². The lowest BCUT2D eigenvalue weighted by molar-refractivity contribution is -0.119. The average molecular weight is 364 g/mol. The van der Waals surface area contributed by atoms with Gasteiger partial charge in [-0.15, -0.1) is 5.10 Å². The predicted molar refractivity (Wildman–Crippen MR) is 87.1 cm³/mol. The van der Waals surface area contributed by atoms with Crippen LogP contribution in [0.2, 0.25) is 0 Å². The number of amides is 1. The van der Waals surface area contributed by atoms with Gasteiger partial charge < -0.3 is 14.8 Å². The summed E-state index contributed by atoms with van der Waals surface area (Å²) in [5, 5.41) is 9.97. The molecule has 0 spiro atoms. The molecule has 0 saturated heterocycles. The predicted octanol–water partition coefficient (Wildman–Crippen LogP) is 1.58. The Kier molecular flexibility index (Phi) is 5.99. The van der Waals surface area contributed by atoms with Gasteiger partial charge in [0.15, 0.2) is 5.69 Å². The summed E-state index contributed by atoms with van der Waals surface area (Å²) >= 11 is 0. The van der Waals surface area contributed by atoms with Crippen molar-refractivity contribution in [1.29, 1.82) is 0 Å². The molecule has 138 valence electrons. The van der Waals surface area contributed by atoms with Gasteiger partial charge in [-0.05, 0) is 30.7 Å². The summed E-state index contributed by atoms with van der Waals surface area (Å²) in [6.07, 6.45) is 0.237. The fraction of sp³-hybridized carbons (Fsp3) is 0.312. The number of rotatable bonds is 6. The number of carbonyl (C=O) groups excluding carboxylic acids is 3. The van der Waals surface area contributed by atoms with Crippen LogP contribution in [0.1, 0.15) is 40.4 Å². The smallest absolute Gasteiger partial charge is 0.361 e. The molecule has 9 nitrogen and oxygen atoms in total. The van der Waals surface area contributed by atoms with Gasteiger partial charge in [-0.2, -0.15) is 0 Å². The number of anilines is 1. The molecule has 2 rings (SSSR count). The molecule has 1 amide bonds. The highest BCUT2D eigenvalue weighted by Crippen LogP contribution is 2.20. The third-order valence-corrected chi connectivity index (χ3v) is 3.55. The van der Waals surface area contributed by atoms with E-state index in [2.05, 4.69) is 25.1 Å². The van der Waals surface area contributed by atoms with E-state index in [1.807, 2.05) is 0 Å². The highest BCUT2D eigenvalue weighted by Gasteiger charge is 2.32. The quantitative estimate of drug-likeness (QED) is 0.774. The summed E-state index contributed by atoms with van der Waals surface area (Å²) in [7, 11) is 2.25. The Morgan fingerprint density at radius 3 is 2.31 bits per heavy atom. The summed E-state index contributed by atoms with van der Waals surface area (Å²) < 4.78 is 23.2. The molecule has 1 aromatic carbocycles. The minimum atomic E-state index is -0.958. The van der Waals surface area contributed by atoms with Gasteiger partial charge in [0.2, 0.25) is 11.6 Å². The van der Waals surface area contributed by atoms with Gasteiger partial charge in [-0.25, -0.2) is 18.7 Å². The van der Waals surface area contributed by atoms with Crippen LogP contribution in [-0.4, -0.2) is 47.1 Å². The van der Waals surface area contributed by atoms with Crippen LogP contribution in [0.15, 0.2) is 24.3 Å². The Morgan fingerprint density at radius 1 is 1.15 bits per heavy atom. The Balaban J connectivity index is 2.38. The number of hydrogen-bond acceptors (Lipinski definition) is 7. The first-order valence-corrected chi connectivity index (χ1v) is 7.61. The van der Waals surface area contributed by atoms with E-state index >= 15 is 0 Å². The zero-order valence-corrected chi connectivity index (χ0v) is 14.4. The summed E-state index contributed by atoms with van der Waals surface area (Å²) in [5.74, 6) is -2.73. The molecule has 1 atom stereocenters. The number of benzene rings is 1. The molecular formula is C16H17FN4O5. The third kappa shape index (κ3) is 3.85. The van der Waals surface area contributed by atoms with Crippen LogP contribution >= 0.6 is 0 Å². The van der Waals surface area contributed by atoms with Gasteiger partial charge in [0.1, 0.15) is 11.9 Å². The molecule has 2 aromatic rings. The van der Waals surface area contributed by atoms with Gasteiger partial charge in [-0.3, -0.25) is 4.79 Å². The highest BCUT2D eigenvalue weighted by atomic mass is 19.1. The van der Waals surface area contributed by atoms with Crippen molar-refractivity contribution in [3.8, 4) is 0 Å². The molecule has 0 aliphatic carbocycles. The number of methoxy groups -OCH3 is 2. The molecule has 1 unspecified atom stereocenters. The van der Waals surface area contributed by atoms with Crippen LogP contribution in [0, 0.1) is 5.82 Å². The normalized spacial score (nSPS) is 11.5. The molecule has 26 heavy (non-hydrogen) atoms. The number of ether oxygens (including phenoxy) is 2. The standard InChI is InChI=1S/C16H17FN4O5/c1-4-11(14(22)18-10-7-5-9(17)6-8-10)21-13(16(24)26-3)12(19-20-21)15(23)25-2/h5-8,11H,4H2,1-3H3,(H,18,22). The largest absolute Gasteiger partial charge is 0.464 e. The SMILES string of the molecule is CCC(C(=O)Nc1ccc(F)cc1)n1nnc(C(=O)OC)c1C(=O)OC. The molecular weight excluding hydrogens is 347 g/mol. The van der Waals surface area contributed by atoms with E-state index in [1.54, 1.807) is 6.92 Å². The molecule has 0 aliphatic heterocycles. The first kappa shape index (κ1) is 19.0. The summed E-state index contributed by atoms with van der Waals surface area (Å²) in [4.78, 5) is 36.4. The fourth-order valence-electron chi connectivity index (χ4n) is 2.26. The van der Waals surface area contributed by atoms with Crippen LogP contribution in [0.25, 0.3) is 0 Å². The Hall–Kier alpha value is -3.30. The van der Waals surface area contributed by atoms with E-state index in [9.17, 15) is 18.8 Å². The second-order valence-corrected chi connectivity index (χ2v) is 5.13. The maximum absolute atomic E-state index is 13.0. The molecule has 0 radical (unpaired) electrons. The van der Waals surface area contributed by atoms with Crippen LogP contribution < -0.4 is 5.32 Å². The molecule has 0 fully saturated rings. The number of nitrogens with zero attached hydrogens (tertiary/aromatic N) is 3. The zero-order valence-electron chi connectivity index (χ0n) is 14.4. The van der Waals surface area contributed by atoms with Gasteiger partial charge in [0, 0.05) is 5.69 Å². The molecule has 1 heterocycles. The van der Waals surface area contributed by atoms with Crippen molar-refractivity contribution in [3.05, 3.63) is 41.5 Å². The van der Waals surface area contributed by atoms with E-state index in [0.29, 0.717) is 5.69 Å². The lowest BCUT2D eigenvalue weighted by Gasteiger charge is -2.17. The van der Waals surface area contributed by atoms with Gasteiger partial charge in [-0.1, -0.05) is 12.1 Å². The average Bonchev–Trinajstić information content (AvgIpc) is 3.07. The van der Waals surface area contributed by atoms with Gasteiger partial charge in [0.05, 0.1) is 14.2 Å². The third-order valence-electron chi connectivity index (χ3n) is 3.55. The second kappa shape index (κ2) is 8.19. The van der Waals surface area contributed by atoms with E-state index in [4.69, 9.17) is 0 Å². The van der Waals surface area contributed by atoms with Crippen LogP contribution in [0.4, 0.5) is 10.1 Å². The number of aromatic nitrogens is 3. The summed E-state index contributed by atoms with van der Waals surface area (Å²) in [6, 6.07) is 4.22. The van der Waals surface area contributed by atoms with Crippen molar-refractivity contribution >= 4 is 23.5 Å². The molecule has 0 bridgehead atoms. The minimum Gasteiger partial charge on any atom is -0.464 e. The minimum absolute atomic E-state index is 0.237. The van der Waals surface area contributed by atoms with Crippen molar-refractivity contribution in [2.24, 2.45) is 0 Å². The zero-order chi connectivity index (χ0) is 19.3. The lowest BCUT2D eigenvalue weighted by Crippen LogP contribution is -2.29. The molecule has 0 aliphatic rings. The Morgan fingerprint density at radius 2 is 1.77 bits per heavy atom. The lowest BCUT2D eigenvalue weighted by atomic mass is 10.2. The second-order valence-electron chi connectivity index (χ2n) is 5.13. The molecule has 1 N–H and O–H groups in total. The van der Waals surface area contributed by atoms with Crippen molar-refractivity contribution in [2.75, 3.05) is 19.5 Å². The maximum atomic E-state index is 13.0. The number of esters is 2. The number of carbonyl (C=O) groups is 3. The van der Waals surface area contributed by atoms with E-state index in [1.165, 1.54) is 24.3 Å². The Labute approximate surface area is 148 Å². The fourth-order valence-corrected chi connectivity index (χ4v) is 2.26. The topological polar surface area (TPSA) is 112 Å². The van der Waals surface area contributed by atoms with Crippen LogP contribution in [0.3, 0.4) is 0 Å². The van der Waals surface area contributed by atoms with Crippen molar-refractivity contribution < 1.29 is 28.2 Å². The highest BCUT2D eigenvalue weighted by molar-refractivity contribution is 6.01. The maximum Gasteiger partial charge on any atom is 0.361 e. The monoisotopic (exact) mass is 364 g/mol. The molecule has 10 heteroatoms. The van der Waals surface area contributed by atoms with Crippen molar-refractivity contribution in [1.82, 2.24) is 15.0 Å². The van der Waals surface area contributed by atoms with Gasteiger partial charge >= 0.3 is 11.9 Å². The first-order chi connectivity index (χ1) is 12.4. The summed E-state index contributed by atoms with van der Waals surface area (Å²) in [5.41, 5.74) is -0.282. The summed E-state index contributed by atoms with van der Waals surface area (Å²) in [6.45, 7) is 1.69. The van der Waals surface area contributed by atoms with Gasteiger partial charge in [0.25, 0.3) is 0 Å². The molecule has 0 saturated carbocycles. The van der Waals surface area contributed by atoms with E-state index in [-0.39, 0.29) is 17.8 Å². The Bertz CT molecular complexity index is 819. The number of hydrogen-bond donors (Lipinski definition) is 1. The molecule has 1 aromatic heterocycles. The van der Waals surface area contributed by atoms with E-state index < -0.39 is 29.7 Å². The van der Waals surface area contributed by atoms with Crippen LogP contribution in [-0.2, 0) is 14.3 Å². The van der Waals surface area contributed by atoms with E-state index in [0.717, 1.165) is 18.9 Å². The number of nitrogens with one attached hydrogen (secondary N) is 1. The van der Waals surface area contributed by atoms with Crippen molar-refractivity contribution in [2.45, 2.75) is 19.4 Å². The van der Waals surface area contributed by atoms with Crippen LogP contribution in [0.5, 0.6) is 0 Å².